The summed E-state index contributed by atoms with van der Waals surface area (Å²) in [6.45, 7) is -0.757. The minimum Gasteiger partial charge on any atom is 0 e. The van der Waals surface area contributed by atoms with Gasteiger partial charge in [0.15, 0.2) is 0 Å². The predicted octanol–water partition coefficient (Wildman–Crippen LogP) is -6.69. The second-order valence-electron chi connectivity index (χ2n) is 8.38. The molecule has 1 rings (SSSR count). The molecule has 0 aromatic rings. The van der Waals surface area contributed by atoms with Crippen LogP contribution in [-0.2, 0) is 73.1 Å². The van der Waals surface area contributed by atoms with Crippen molar-refractivity contribution in [2.24, 2.45) is 5.73 Å². The fourth-order valence-corrected chi connectivity index (χ4v) is 27.3. The Morgan fingerprint density at radius 1 is 1.16 bits per heavy atom. The van der Waals surface area contributed by atoms with Gasteiger partial charge in [-0.2, -0.15) is 0 Å². The third kappa shape index (κ3) is 13.2. The van der Waals surface area contributed by atoms with Crippen LogP contribution in [0.4, 0.5) is 0 Å². The molecule has 224 valence electrons. The third-order valence-electron chi connectivity index (χ3n) is 5.08. The summed E-state index contributed by atoms with van der Waals surface area (Å²) in [5.74, 6) is 0. The number of hydrogen-bond acceptors (Lipinski definition) is 10. The predicted molar refractivity (Wildman–Crippen MR) is 155 cm³/mol. The van der Waals surface area contributed by atoms with E-state index in [9.17, 15) is 43.6 Å². The van der Waals surface area contributed by atoms with Gasteiger partial charge < -0.3 is 0 Å². The summed E-state index contributed by atoms with van der Waals surface area (Å²) in [6.07, 6.45) is -11.2. The molecule has 38 heavy (non-hydrogen) atoms. The Labute approximate surface area is 381 Å². The molecule has 1 fully saturated rings. The third-order valence-corrected chi connectivity index (χ3v) is 32.6. The first kappa shape index (κ1) is 61.6. The van der Waals surface area contributed by atoms with Crippen LogP contribution in [0.2, 0.25) is 0 Å². The summed E-state index contributed by atoms with van der Waals surface area (Å²) in [4.78, 5) is 0. The van der Waals surface area contributed by atoms with Gasteiger partial charge in [-0.25, -0.2) is 0 Å². The molecule has 2 unspecified atom stereocenters. The summed E-state index contributed by atoms with van der Waals surface area (Å²) in [7, 11) is 2.39. The number of nitrogens with zero attached hydrogens (tertiary/aromatic N) is 1. The molecule has 1 aliphatic rings. The molecular weight excluding hydrogens is 1010 g/mol. The molecule has 8 atom stereocenters. The average Bonchev–Trinajstić information content (AvgIpc) is 2.62. The standard InChI is InChI=1S/C6H11O6.C5H13NO.C2H6NO3S.Ca.ClH.Cu.Fe.HI.K.Mg.Mn.Na.H2P.H2Se.Zn.5H/c7-1-2(8)4(10)6(12)5(11)3(1)9;1-6(2,3)4-5-7;3-1-2-7(4,5)6;;;;;;;;;;;;;;;;;/h1-5,7-12H;4-5H2,1-3H3;2H,1,3H2,(H,4,5,6);;1H;;;1H;;;;;2*1H2;;;;;;/q;;;;;;;;+1;;+4;;-1;;;;;;;/p-3/t1-,2-,3+,4-,5-;;;;;;;;;;;;;;;;;;;/m1.................../s1. The van der Waals surface area contributed by atoms with Gasteiger partial charge in [0.05, 0.1) is 0 Å². The fraction of sp³-hybridized carbons (Fsp3) is 1.00. The van der Waals surface area contributed by atoms with Crippen LogP contribution in [0.5, 0.6) is 0 Å². The molecule has 25 heteroatoms. The van der Waals surface area contributed by atoms with Crippen LogP contribution in [0.3, 0.4) is 0 Å². The SMILES string of the molecule is C[N+](C)(C)CC[O][Mn]([PH2])([SeH])([I])([CH](CN)S(=O)(=O)O)[C@]1(O)[C@H](O)[C@H](O)[C@@H](O)[C@H](O)[C@H]1O.[CaH2].[Cl][K].[Cu].[Fe].[MgH2].[NaH].[Zn]. The topological polar surface area (TPSA) is 211 Å². The second kappa shape index (κ2) is 22.2. The smallest absolute Gasteiger partial charge is 0 e. The summed E-state index contributed by atoms with van der Waals surface area (Å²) in [5, 5.41) is 63.7. The van der Waals surface area contributed by atoms with Gasteiger partial charge in [0.25, 0.3) is 0 Å². The first-order valence-corrected chi connectivity index (χ1v) is 26.2. The van der Waals surface area contributed by atoms with E-state index in [0.29, 0.717) is 51.6 Å². The molecule has 0 aromatic heterocycles. The van der Waals surface area contributed by atoms with E-state index in [-0.39, 0.29) is 157 Å². The zero-order valence-electron chi connectivity index (χ0n) is 19.4. The van der Waals surface area contributed by atoms with Gasteiger partial charge in [-0.15, -0.1) is 0 Å². The van der Waals surface area contributed by atoms with Crippen molar-refractivity contribution in [3.63, 3.8) is 0 Å². The summed E-state index contributed by atoms with van der Waals surface area (Å²) < 4.78 is 40.8. The van der Waals surface area contributed by atoms with E-state index < -0.39 is 61.4 Å². The monoisotopic (exact) mass is 1050 g/mol. The van der Waals surface area contributed by atoms with Crippen LogP contribution in [0, 0.1) is 0 Å². The van der Waals surface area contributed by atoms with E-state index in [4.69, 9.17) is 13.3 Å². The zero-order valence-corrected chi connectivity index (χ0v) is 35.5. The molecule has 1 aliphatic carbocycles. The van der Waals surface area contributed by atoms with E-state index in [1.165, 1.54) is 20.3 Å². The van der Waals surface area contributed by atoms with Gasteiger partial charge >= 0.3 is 337 Å². The number of quaternary nitrogens is 1. The largest absolute Gasteiger partial charge is 0 e. The van der Waals surface area contributed by atoms with Crippen LogP contribution >= 0.6 is 32.0 Å². The van der Waals surface area contributed by atoms with Crippen molar-refractivity contribution in [1.82, 2.24) is 0 Å². The maximum absolute atomic E-state index is 12.4. The Kier molecular flexibility index (Phi) is 36.0. The number of nitrogens with two attached hydrogens (primary N) is 1. The molecule has 12 nitrogen and oxygen atoms in total. The quantitative estimate of drug-likeness (QED) is 0.0377. The number of halogens is 2. The minimum atomic E-state index is -6.20. The van der Waals surface area contributed by atoms with E-state index in [1.807, 2.05) is 14.2 Å². The van der Waals surface area contributed by atoms with Crippen LogP contribution in [-0.4, -0.2) is 280 Å². The Hall–Kier alpha value is 8.36. The molecule has 0 bridgehead atoms. The zero-order chi connectivity index (χ0) is 26.2. The van der Waals surface area contributed by atoms with Crippen LogP contribution in [0.25, 0.3) is 0 Å². The van der Waals surface area contributed by atoms with Gasteiger partial charge in [0.2, 0.25) is 0 Å². The van der Waals surface area contributed by atoms with Crippen molar-refractivity contribution in [3.8, 4) is 0 Å². The maximum Gasteiger partial charge on any atom is 0 e. The van der Waals surface area contributed by atoms with Crippen molar-refractivity contribution in [1.29, 1.82) is 0 Å². The van der Waals surface area contributed by atoms with Crippen molar-refractivity contribution >= 4 is 194 Å². The van der Waals surface area contributed by atoms with Crippen molar-refractivity contribution in [2.75, 3.05) is 40.8 Å². The van der Waals surface area contributed by atoms with Gasteiger partial charge in [-0.1, -0.05) is 0 Å². The molecule has 0 aliphatic heterocycles. The van der Waals surface area contributed by atoms with Crippen molar-refractivity contribution in [2.45, 2.75) is 39.2 Å². The van der Waals surface area contributed by atoms with Crippen molar-refractivity contribution in [3.05, 3.63) is 0 Å². The Morgan fingerprint density at radius 3 is 1.71 bits per heavy atom. The number of rotatable bonds is 8. The van der Waals surface area contributed by atoms with Gasteiger partial charge in [0.1, 0.15) is 0 Å². The number of aliphatic hydroxyl groups is 6. The summed E-state index contributed by atoms with van der Waals surface area (Å²) in [5.41, 5.74) is -0.533. The number of likely N-dealkylation sites (N-methyl/N-ethyl adjacent to an activating group) is 1. The van der Waals surface area contributed by atoms with Crippen LogP contribution in [0.1, 0.15) is 0 Å². The van der Waals surface area contributed by atoms with E-state index >= 15 is 0 Å². The van der Waals surface area contributed by atoms with Crippen molar-refractivity contribution < 1.29 is 111 Å². The molecule has 1 radical (unpaired) electrons. The molecule has 0 aromatic carbocycles. The van der Waals surface area contributed by atoms with Gasteiger partial charge in [-0.3, -0.25) is 0 Å². The first-order valence-electron chi connectivity index (χ1n) is 8.91. The minimum absolute atomic E-state index is 0. The second-order valence-corrected chi connectivity index (χ2v) is 49.9. The first-order chi connectivity index (χ1) is 14.0. The molecule has 0 spiro atoms. The summed E-state index contributed by atoms with van der Waals surface area (Å²) >= 11 is 3.79. The van der Waals surface area contributed by atoms with E-state index in [2.05, 4.69) is 7.93 Å². The fourth-order valence-electron chi connectivity index (χ4n) is 3.20. The Morgan fingerprint density at radius 2 is 1.47 bits per heavy atom. The Bertz CT molecular complexity index is 812. The molecule has 0 heterocycles. The maximum atomic E-state index is 12.4. The molecule has 9 N–H and O–H groups in total. The number of aliphatic hydroxyl groups excluding tert-OH is 5. The Balaban J connectivity index is -0.000000234. The molecule has 0 saturated heterocycles. The van der Waals surface area contributed by atoms with E-state index in [1.54, 1.807) is 21.1 Å². The average molecular weight is 1050 g/mol. The molecular formula is C13H38CaClCuFeIKMgMnN2NaO10PSSeZn+. The normalized spacial score (nSPS) is 29.7. The van der Waals surface area contributed by atoms with Gasteiger partial charge in [0, 0.05) is 53.6 Å². The van der Waals surface area contributed by atoms with E-state index in [0.717, 1.165) is 0 Å². The molecule has 0 amide bonds. The van der Waals surface area contributed by atoms with Crippen LogP contribution < -0.4 is 5.73 Å². The van der Waals surface area contributed by atoms with Crippen LogP contribution in [0.15, 0.2) is 0 Å². The van der Waals surface area contributed by atoms with Gasteiger partial charge in [-0.05, 0) is 0 Å². The number of hydrogen-bond donors (Lipinski definition) is 8. The molecule has 1 saturated carbocycles. The summed E-state index contributed by atoms with van der Waals surface area (Å²) in [6, 6.07) is 0.